The summed E-state index contributed by atoms with van der Waals surface area (Å²) in [6.45, 7) is 18.1. The van der Waals surface area contributed by atoms with Gasteiger partial charge in [0.25, 0.3) is 0 Å². The van der Waals surface area contributed by atoms with Crippen LogP contribution in [0.2, 0.25) is 0 Å². The van der Waals surface area contributed by atoms with Crippen LogP contribution in [0.25, 0.3) is 56.3 Å². The molecule has 0 aliphatic rings. The first kappa shape index (κ1) is 50.0. The third-order valence-corrected chi connectivity index (χ3v) is 15.7. The van der Waals surface area contributed by atoms with E-state index < -0.39 is 38.7 Å². The number of benzene rings is 5. The van der Waals surface area contributed by atoms with E-state index in [0.717, 1.165) is 28.1 Å². The van der Waals surface area contributed by atoms with Gasteiger partial charge in [0.2, 0.25) is 28.5 Å². The van der Waals surface area contributed by atoms with Gasteiger partial charge in [0.1, 0.15) is 35.2 Å². The molecule has 0 fully saturated rings. The van der Waals surface area contributed by atoms with Crippen molar-refractivity contribution in [3.05, 3.63) is 268 Å². The molecule has 0 spiro atoms. The van der Waals surface area contributed by atoms with E-state index in [1.807, 2.05) is 91.1 Å². The standard InChI is InChI=1S/3C17H22N.C16H20N.C14H16N/c2*1-12(2)16-11-18(5)17(10-14(16)4)15-9-7-6-8-13(15)3;1-13(2)11-15-8-9-16(14(3)12-15)17-7-5-6-10-18(17)4;1-12(2)14-8-9-15(13(3)11-14)16-7-5-6-10-17(16)4;1-11-7-8-12(2)13(10-11)14-6-4-5-9-15(14)3/h2*6-12H,1-5H3;5-10,12-13H,11H2,1-4H3;5-12H,1-4H3;4-10H,1-3H3/q5*+1/i;;1D3,2D3,11D2,13D;1D3,12D;. The molecule has 446 valence electrons. The van der Waals surface area contributed by atoms with Crippen LogP contribution in [0.4, 0.5) is 0 Å². The molecule has 86 heavy (non-hydrogen) atoms. The summed E-state index contributed by atoms with van der Waals surface area (Å²) in [5.41, 5.74) is 24.4. The molecule has 10 rings (SSSR count). The third kappa shape index (κ3) is 18.0. The molecule has 0 N–H and O–H groups in total. The van der Waals surface area contributed by atoms with Gasteiger partial charge in [-0.1, -0.05) is 134 Å². The molecule has 5 nitrogen and oxygen atoms in total. The summed E-state index contributed by atoms with van der Waals surface area (Å²) in [5, 5.41) is 0. The molecule has 10 aromatic rings. The summed E-state index contributed by atoms with van der Waals surface area (Å²) in [6, 6.07) is 56.0. The molecule has 0 aliphatic heterocycles. The van der Waals surface area contributed by atoms with Gasteiger partial charge in [-0.05, 0) is 184 Å². The summed E-state index contributed by atoms with van der Waals surface area (Å²) < 4.78 is 111. The first-order valence-electron chi connectivity index (χ1n) is 36.2. The minimum absolute atomic E-state index is 0.149. The lowest BCUT2D eigenvalue weighted by molar-refractivity contribution is -0.661. The number of nitrogens with zero attached hydrogens (tertiary/aromatic N) is 5. The lowest BCUT2D eigenvalue weighted by Crippen LogP contribution is -2.32. The molecule has 0 bridgehead atoms. The van der Waals surface area contributed by atoms with Gasteiger partial charge in [-0.2, -0.15) is 0 Å². The van der Waals surface area contributed by atoms with Crippen LogP contribution >= 0.6 is 0 Å². The Labute approximate surface area is 538 Å². The van der Waals surface area contributed by atoms with Crippen molar-refractivity contribution in [2.45, 2.75) is 135 Å². The zero-order valence-corrected chi connectivity index (χ0v) is 54.4. The minimum atomic E-state index is -3.35. The van der Waals surface area contributed by atoms with E-state index in [1.165, 1.54) is 97.3 Å². The Balaban J connectivity index is 0.000000198. The van der Waals surface area contributed by atoms with Crippen LogP contribution in [-0.4, -0.2) is 0 Å². The second kappa shape index (κ2) is 31.3. The van der Waals surface area contributed by atoms with Gasteiger partial charge < -0.3 is 0 Å². The average Bonchev–Trinajstić information content (AvgIpc) is 0.719. The van der Waals surface area contributed by atoms with Gasteiger partial charge in [-0.25, -0.2) is 22.8 Å². The number of hydrogen-bond donors (Lipinski definition) is 0. The molecule has 0 saturated carbocycles. The van der Waals surface area contributed by atoms with Gasteiger partial charge in [-0.3, -0.25) is 0 Å². The molecule has 0 saturated heterocycles. The van der Waals surface area contributed by atoms with Crippen LogP contribution in [0.5, 0.6) is 0 Å². The highest BCUT2D eigenvalue weighted by Crippen LogP contribution is 2.29. The summed E-state index contributed by atoms with van der Waals surface area (Å²) in [4.78, 5) is 0. The average molecular weight is 1160 g/mol. The Morgan fingerprint density at radius 3 is 1.17 bits per heavy atom. The molecule has 0 radical (unpaired) electrons. The van der Waals surface area contributed by atoms with Crippen LogP contribution in [0.15, 0.2) is 201 Å². The summed E-state index contributed by atoms with van der Waals surface area (Å²) in [5.74, 6) is -3.77. The van der Waals surface area contributed by atoms with Crippen LogP contribution < -0.4 is 22.8 Å². The highest BCUT2D eigenvalue weighted by atomic mass is 14.9. The maximum atomic E-state index is 8.30. The Hall–Kier alpha value is -8.15. The molecule has 5 heteroatoms. The highest BCUT2D eigenvalue weighted by Gasteiger charge is 2.19. The van der Waals surface area contributed by atoms with Crippen molar-refractivity contribution in [2.24, 2.45) is 41.1 Å². The lowest BCUT2D eigenvalue weighted by atomic mass is 9.96. The molecule has 1 atom stereocenters. The minimum Gasteiger partial charge on any atom is -0.201 e. The summed E-state index contributed by atoms with van der Waals surface area (Å²) in [6.07, 6.45) is 7.52. The van der Waals surface area contributed by atoms with Crippen molar-refractivity contribution in [1.29, 1.82) is 0 Å². The molecular weight excluding hydrogens is 1040 g/mol. The Morgan fingerprint density at radius 1 is 0.360 bits per heavy atom. The fraction of sp³-hybridized carbons (Fsp3) is 0.321. The van der Waals surface area contributed by atoms with Crippen molar-refractivity contribution in [3.8, 4) is 56.3 Å². The van der Waals surface area contributed by atoms with Crippen molar-refractivity contribution < 1.29 is 40.7 Å². The van der Waals surface area contributed by atoms with Gasteiger partial charge in [-0.15, -0.1) is 0 Å². The number of aryl methyl sites for hydroxylation is 13. The molecule has 0 amide bonds. The quantitative estimate of drug-likeness (QED) is 0.122. The number of aromatic nitrogens is 5. The first-order chi connectivity index (χ1) is 46.0. The van der Waals surface area contributed by atoms with E-state index in [9.17, 15) is 0 Å². The SMILES string of the molecule is Cc1ccc(C)c(-c2cccc[n+]2C)c1.Cc1ccccc1-c1cc(C)c(C(C)C)c[n+]1C.Cc1ccccc1-c1cc(C)c(C(C)C)c[n+]1C.[2H]C([2H])([2H])C([2H])(C([2H])([2H])[2H])C([2H])([2H])c1ccc(-c2cccc[n+]2C)c(C)c1.[2H]C([2H])([2H])C([2H])(C)c1ccc(-c2cccc[n+]2C)c(C)c1. The second-order valence-electron chi connectivity index (χ2n) is 23.3. The largest absolute Gasteiger partial charge is 0.212 e. The van der Waals surface area contributed by atoms with Gasteiger partial charge in [0.05, 0.1) is 0 Å². The van der Waals surface area contributed by atoms with Crippen LogP contribution in [0.3, 0.4) is 0 Å². The van der Waals surface area contributed by atoms with E-state index in [1.54, 1.807) is 19.1 Å². The van der Waals surface area contributed by atoms with Crippen LogP contribution in [-0.2, 0) is 41.6 Å². The van der Waals surface area contributed by atoms with Gasteiger partial charge in [0, 0.05) is 105 Å². The van der Waals surface area contributed by atoms with E-state index in [2.05, 4.69) is 220 Å². The molecule has 0 aliphatic carbocycles. The Bertz CT molecular complexity index is 4310. The van der Waals surface area contributed by atoms with E-state index >= 15 is 0 Å². The molecule has 5 aromatic heterocycles. The Kier molecular flexibility index (Phi) is 18.2. The van der Waals surface area contributed by atoms with Crippen LogP contribution in [0.1, 0.15) is 157 Å². The zero-order chi connectivity index (χ0) is 74.1. The second-order valence-corrected chi connectivity index (χ2v) is 23.3. The first-order valence-corrected chi connectivity index (χ1v) is 29.7. The predicted octanol–water partition coefficient (Wildman–Crippen LogP) is 17.9. The number of pyridine rings is 5. The van der Waals surface area contributed by atoms with Crippen molar-refractivity contribution in [3.63, 3.8) is 0 Å². The van der Waals surface area contributed by atoms with Crippen LogP contribution in [0, 0.1) is 61.3 Å². The maximum Gasteiger partial charge on any atom is 0.212 e. The van der Waals surface area contributed by atoms with Gasteiger partial charge >= 0.3 is 0 Å². The Morgan fingerprint density at radius 2 is 0.767 bits per heavy atom. The fourth-order valence-corrected chi connectivity index (χ4v) is 10.8. The number of hydrogen-bond acceptors (Lipinski definition) is 0. The molecular formula is C81H102N5+5. The fourth-order valence-electron chi connectivity index (χ4n) is 10.8. The molecule has 5 aromatic carbocycles. The molecule has 1 unspecified atom stereocenters. The normalized spacial score (nSPS) is 14.5. The van der Waals surface area contributed by atoms with E-state index in [4.69, 9.17) is 17.8 Å². The zero-order valence-electron chi connectivity index (χ0n) is 67.4. The topological polar surface area (TPSA) is 19.4 Å². The third-order valence-electron chi connectivity index (χ3n) is 15.7. The van der Waals surface area contributed by atoms with Gasteiger partial charge in [0.15, 0.2) is 31.0 Å². The summed E-state index contributed by atoms with van der Waals surface area (Å²) >= 11 is 0. The van der Waals surface area contributed by atoms with Crippen molar-refractivity contribution >= 4 is 0 Å². The highest BCUT2D eigenvalue weighted by molar-refractivity contribution is 5.65. The predicted molar refractivity (Wildman–Crippen MR) is 364 cm³/mol. The summed E-state index contributed by atoms with van der Waals surface area (Å²) in [7, 11) is 10.2. The van der Waals surface area contributed by atoms with E-state index in [-0.39, 0.29) is 5.56 Å². The smallest absolute Gasteiger partial charge is 0.201 e. The van der Waals surface area contributed by atoms with Crippen molar-refractivity contribution in [1.82, 2.24) is 0 Å². The van der Waals surface area contributed by atoms with Crippen molar-refractivity contribution in [2.75, 3.05) is 0 Å². The lowest BCUT2D eigenvalue weighted by Gasteiger charge is -2.11. The van der Waals surface area contributed by atoms with E-state index in [0.29, 0.717) is 23.0 Å². The molecule has 5 heterocycles. The number of rotatable bonds is 10. The maximum absolute atomic E-state index is 8.30. The monoisotopic (exact) mass is 1160 g/mol.